The molecule has 0 aromatic heterocycles. The molecule has 1 fully saturated rings. The lowest BCUT2D eigenvalue weighted by Gasteiger charge is -2.33. The maximum atomic E-state index is 3.63. The van der Waals surface area contributed by atoms with Crippen molar-refractivity contribution in [1.29, 1.82) is 0 Å². The van der Waals surface area contributed by atoms with Crippen molar-refractivity contribution in [3.05, 3.63) is 23.8 Å². The Kier molecular flexibility index (Phi) is 3.44. The van der Waals surface area contributed by atoms with Crippen LogP contribution in [-0.4, -0.2) is 19.1 Å². The van der Waals surface area contributed by atoms with Crippen LogP contribution in [-0.2, 0) is 6.42 Å². The second-order valence-corrected chi connectivity index (χ2v) is 5.73. The van der Waals surface area contributed by atoms with Crippen LogP contribution < -0.4 is 10.2 Å². The average Bonchev–Trinajstić information content (AvgIpc) is 2.63. The first kappa shape index (κ1) is 11.9. The summed E-state index contributed by atoms with van der Waals surface area (Å²) in [5.41, 5.74) is 4.37. The van der Waals surface area contributed by atoms with Crippen molar-refractivity contribution in [2.45, 2.75) is 51.5 Å². The first-order valence-corrected chi connectivity index (χ1v) is 7.48. The van der Waals surface area contributed by atoms with Gasteiger partial charge >= 0.3 is 0 Å². The lowest BCUT2D eigenvalue weighted by molar-refractivity contribution is 0.616. The lowest BCUT2D eigenvalue weighted by atomic mass is 10.0. The maximum absolute atomic E-state index is 3.63. The van der Waals surface area contributed by atoms with E-state index < -0.39 is 0 Å². The van der Waals surface area contributed by atoms with E-state index >= 15 is 0 Å². The number of benzene rings is 1. The van der Waals surface area contributed by atoms with Crippen LogP contribution in [0.1, 0.15) is 44.6 Å². The van der Waals surface area contributed by atoms with Crippen molar-refractivity contribution in [3.63, 3.8) is 0 Å². The van der Waals surface area contributed by atoms with E-state index in [2.05, 4.69) is 35.3 Å². The number of para-hydroxylation sites is 1. The molecule has 1 N–H and O–H groups in total. The fourth-order valence-electron chi connectivity index (χ4n) is 3.36. The van der Waals surface area contributed by atoms with Crippen molar-refractivity contribution < 1.29 is 0 Å². The van der Waals surface area contributed by atoms with Gasteiger partial charge in [0.05, 0.1) is 11.4 Å². The van der Waals surface area contributed by atoms with Crippen LogP contribution in [0.25, 0.3) is 0 Å². The number of fused-ring (bicyclic) bond motifs is 1. The molecule has 0 amide bonds. The molecule has 0 bridgehead atoms. The fourth-order valence-corrected chi connectivity index (χ4v) is 3.36. The second-order valence-electron chi connectivity index (χ2n) is 5.73. The van der Waals surface area contributed by atoms with Gasteiger partial charge in [-0.25, -0.2) is 0 Å². The molecule has 0 saturated carbocycles. The summed E-state index contributed by atoms with van der Waals surface area (Å²) in [6, 6.07) is 7.51. The fraction of sp³-hybridized carbons (Fsp3) is 0.625. The van der Waals surface area contributed by atoms with Crippen LogP contribution in [0.5, 0.6) is 0 Å². The second kappa shape index (κ2) is 5.21. The molecule has 98 valence electrons. The number of hydrogen-bond donors (Lipinski definition) is 1. The molecule has 2 aliphatic heterocycles. The Bertz CT molecular complexity index is 414. The molecule has 2 heteroatoms. The predicted molar refractivity (Wildman–Crippen MR) is 78.5 cm³/mol. The van der Waals surface area contributed by atoms with Gasteiger partial charge in [-0.2, -0.15) is 0 Å². The van der Waals surface area contributed by atoms with Crippen molar-refractivity contribution in [2.24, 2.45) is 0 Å². The lowest BCUT2D eigenvalue weighted by Crippen LogP contribution is -2.33. The van der Waals surface area contributed by atoms with Gasteiger partial charge in [-0.3, -0.25) is 0 Å². The minimum Gasteiger partial charge on any atom is -0.383 e. The number of rotatable bonds is 1. The molecule has 1 aromatic carbocycles. The standard InChI is InChI=1S/C16H24N2/c1-13-7-3-2-4-12-18(13)15-10-5-8-14-9-6-11-17-16(14)15/h5,8,10,13,17H,2-4,6-7,9,11-12H2,1H3. The highest BCUT2D eigenvalue weighted by atomic mass is 15.2. The van der Waals surface area contributed by atoms with Gasteiger partial charge in [0.25, 0.3) is 0 Å². The van der Waals surface area contributed by atoms with Crippen molar-refractivity contribution >= 4 is 11.4 Å². The summed E-state index contributed by atoms with van der Waals surface area (Å²) in [6.07, 6.45) is 7.96. The Balaban J connectivity index is 1.94. The summed E-state index contributed by atoms with van der Waals surface area (Å²) >= 11 is 0. The summed E-state index contributed by atoms with van der Waals surface area (Å²) in [6.45, 7) is 4.74. The summed E-state index contributed by atoms with van der Waals surface area (Å²) < 4.78 is 0. The van der Waals surface area contributed by atoms with E-state index in [9.17, 15) is 0 Å². The first-order valence-electron chi connectivity index (χ1n) is 7.48. The zero-order chi connectivity index (χ0) is 12.4. The molecule has 2 nitrogen and oxygen atoms in total. The molecular formula is C16H24N2. The normalized spacial score (nSPS) is 24.1. The summed E-state index contributed by atoms with van der Waals surface area (Å²) in [5, 5.41) is 3.63. The maximum Gasteiger partial charge on any atom is 0.0610 e. The smallest absolute Gasteiger partial charge is 0.0610 e. The van der Waals surface area contributed by atoms with Crippen molar-refractivity contribution in [2.75, 3.05) is 23.3 Å². The minimum absolute atomic E-state index is 0.683. The Morgan fingerprint density at radius 2 is 2.11 bits per heavy atom. The Morgan fingerprint density at radius 3 is 3.06 bits per heavy atom. The Morgan fingerprint density at radius 1 is 1.17 bits per heavy atom. The van der Waals surface area contributed by atoms with Crippen LogP contribution in [0, 0.1) is 0 Å². The molecule has 3 rings (SSSR count). The average molecular weight is 244 g/mol. The topological polar surface area (TPSA) is 15.3 Å². The van der Waals surface area contributed by atoms with Gasteiger partial charge in [0, 0.05) is 19.1 Å². The third-order valence-corrected chi connectivity index (χ3v) is 4.42. The van der Waals surface area contributed by atoms with Gasteiger partial charge < -0.3 is 10.2 Å². The number of hydrogen-bond acceptors (Lipinski definition) is 2. The van der Waals surface area contributed by atoms with Crippen molar-refractivity contribution in [1.82, 2.24) is 0 Å². The molecule has 0 aliphatic carbocycles. The summed E-state index contributed by atoms with van der Waals surface area (Å²) in [7, 11) is 0. The largest absolute Gasteiger partial charge is 0.383 e. The van der Waals surface area contributed by atoms with Gasteiger partial charge in [-0.1, -0.05) is 25.0 Å². The van der Waals surface area contributed by atoms with Gasteiger partial charge in [-0.15, -0.1) is 0 Å². The zero-order valence-corrected chi connectivity index (χ0v) is 11.4. The third kappa shape index (κ3) is 2.21. The third-order valence-electron chi connectivity index (χ3n) is 4.42. The van der Waals surface area contributed by atoms with Gasteiger partial charge in [-0.05, 0) is 44.2 Å². The van der Waals surface area contributed by atoms with E-state index in [1.807, 2.05) is 0 Å². The molecular weight excluding hydrogens is 220 g/mol. The highest BCUT2D eigenvalue weighted by Crippen LogP contribution is 2.35. The predicted octanol–water partition coefficient (Wildman–Crippen LogP) is 3.81. The molecule has 18 heavy (non-hydrogen) atoms. The minimum atomic E-state index is 0.683. The molecule has 2 heterocycles. The van der Waals surface area contributed by atoms with E-state index in [-0.39, 0.29) is 0 Å². The zero-order valence-electron chi connectivity index (χ0n) is 11.4. The number of anilines is 2. The quantitative estimate of drug-likeness (QED) is 0.808. The first-order chi connectivity index (χ1) is 8.86. The monoisotopic (exact) mass is 244 g/mol. The molecule has 0 radical (unpaired) electrons. The molecule has 0 spiro atoms. The van der Waals surface area contributed by atoms with Gasteiger partial charge in [0.15, 0.2) is 0 Å². The van der Waals surface area contributed by atoms with Gasteiger partial charge in [0.1, 0.15) is 0 Å². The highest BCUT2D eigenvalue weighted by Gasteiger charge is 2.22. The molecule has 2 aliphatic rings. The number of nitrogens with one attached hydrogen (secondary N) is 1. The molecule has 1 aromatic rings. The molecule has 1 atom stereocenters. The van der Waals surface area contributed by atoms with Crippen LogP contribution in [0.3, 0.4) is 0 Å². The summed E-state index contributed by atoms with van der Waals surface area (Å²) in [5.74, 6) is 0. The van der Waals surface area contributed by atoms with Crippen LogP contribution >= 0.6 is 0 Å². The van der Waals surface area contributed by atoms with Crippen LogP contribution in [0.15, 0.2) is 18.2 Å². The SMILES string of the molecule is CC1CCCCCN1c1cccc2c1NCCC2. The summed E-state index contributed by atoms with van der Waals surface area (Å²) in [4.78, 5) is 2.63. The van der Waals surface area contributed by atoms with Crippen molar-refractivity contribution in [3.8, 4) is 0 Å². The number of aryl methyl sites for hydroxylation is 1. The van der Waals surface area contributed by atoms with E-state index in [0.717, 1.165) is 6.54 Å². The molecule has 1 unspecified atom stereocenters. The Labute approximate surface area is 110 Å². The van der Waals surface area contributed by atoms with Gasteiger partial charge in [0.2, 0.25) is 0 Å². The van der Waals surface area contributed by atoms with E-state index in [4.69, 9.17) is 0 Å². The van der Waals surface area contributed by atoms with E-state index in [1.165, 1.54) is 62.0 Å². The van der Waals surface area contributed by atoms with Crippen LogP contribution in [0.4, 0.5) is 11.4 Å². The number of nitrogens with zero attached hydrogens (tertiary/aromatic N) is 1. The van der Waals surface area contributed by atoms with E-state index in [1.54, 1.807) is 0 Å². The molecule has 1 saturated heterocycles. The Hall–Kier alpha value is -1.18. The highest BCUT2D eigenvalue weighted by molar-refractivity contribution is 5.75. The van der Waals surface area contributed by atoms with Crippen LogP contribution in [0.2, 0.25) is 0 Å². The van der Waals surface area contributed by atoms with E-state index in [0.29, 0.717) is 6.04 Å².